The van der Waals surface area contributed by atoms with E-state index in [0.29, 0.717) is 25.0 Å². The van der Waals surface area contributed by atoms with Crippen molar-refractivity contribution >= 4 is 5.91 Å². The van der Waals surface area contributed by atoms with Crippen LogP contribution in [0.5, 0.6) is 0 Å². The van der Waals surface area contributed by atoms with Crippen LogP contribution in [0.1, 0.15) is 29.8 Å². The first-order valence-electron chi connectivity index (χ1n) is 8.55. The average molecular weight is 327 g/mol. The summed E-state index contributed by atoms with van der Waals surface area (Å²) in [6, 6.07) is 7.87. The number of hydrogen-bond acceptors (Lipinski definition) is 3. The van der Waals surface area contributed by atoms with Crippen molar-refractivity contribution in [1.82, 2.24) is 14.5 Å². The number of amides is 1. The van der Waals surface area contributed by atoms with Gasteiger partial charge in [0, 0.05) is 43.5 Å². The second kappa shape index (κ2) is 7.62. The third-order valence-corrected chi connectivity index (χ3v) is 4.65. The lowest BCUT2D eigenvalue weighted by molar-refractivity contribution is 0.0733. The number of hydrogen-bond donors (Lipinski definition) is 0. The van der Waals surface area contributed by atoms with Crippen LogP contribution in [0.4, 0.5) is 0 Å². The fourth-order valence-corrected chi connectivity index (χ4v) is 2.95. The van der Waals surface area contributed by atoms with Crippen LogP contribution >= 0.6 is 0 Å². The van der Waals surface area contributed by atoms with Crippen LogP contribution in [0.2, 0.25) is 0 Å². The highest BCUT2D eigenvalue weighted by molar-refractivity contribution is 5.94. The van der Waals surface area contributed by atoms with Gasteiger partial charge < -0.3 is 14.2 Å². The van der Waals surface area contributed by atoms with Gasteiger partial charge in [0.25, 0.3) is 5.91 Å². The molecule has 0 N–H and O–H groups in total. The minimum absolute atomic E-state index is 0.0975. The minimum Gasteiger partial charge on any atom is -0.379 e. The molecule has 2 aromatic rings. The predicted octanol–water partition coefficient (Wildman–Crippen LogP) is 2.68. The summed E-state index contributed by atoms with van der Waals surface area (Å²) >= 11 is 0. The summed E-state index contributed by atoms with van der Waals surface area (Å²) in [5.41, 5.74) is 1.90. The van der Waals surface area contributed by atoms with Gasteiger partial charge in [-0.15, -0.1) is 0 Å². The summed E-state index contributed by atoms with van der Waals surface area (Å²) in [5.74, 6) is 1.01. The average Bonchev–Trinajstić information content (AvgIpc) is 2.96. The highest BCUT2D eigenvalue weighted by Gasteiger charge is 2.25. The first-order valence-corrected chi connectivity index (χ1v) is 8.55. The van der Waals surface area contributed by atoms with Gasteiger partial charge in [-0.05, 0) is 23.6 Å². The van der Waals surface area contributed by atoms with E-state index in [1.165, 1.54) is 0 Å². The SMILES string of the molecule is CC(C)C1COCCN(C(=O)c2ccc(Cn3ccnc3)cc2)C1. The van der Waals surface area contributed by atoms with Crippen LogP contribution in [-0.4, -0.2) is 46.7 Å². The zero-order chi connectivity index (χ0) is 16.9. The lowest BCUT2D eigenvalue weighted by atomic mass is 9.96. The van der Waals surface area contributed by atoms with Crippen LogP contribution in [0, 0.1) is 11.8 Å². The zero-order valence-electron chi connectivity index (χ0n) is 14.4. The van der Waals surface area contributed by atoms with Gasteiger partial charge in [-0.1, -0.05) is 26.0 Å². The molecule has 1 aliphatic rings. The van der Waals surface area contributed by atoms with Crippen molar-refractivity contribution in [2.45, 2.75) is 20.4 Å². The Hall–Kier alpha value is -2.14. The highest BCUT2D eigenvalue weighted by Crippen LogP contribution is 2.18. The van der Waals surface area contributed by atoms with Crippen molar-refractivity contribution in [1.29, 1.82) is 0 Å². The molecule has 0 radical (unpaired) electrons. The van der Waals surface area contributed by atoms with Gasteiger partial charge in [0.15, 0.2) is 0 Å². The van der Waals surface area contributed by atoms with E-state index in [-0.39, 0.29) is 5.91 Å². The molecule has 0 bridgehead atoms. The van der Waals surface area contributed by atoms with Gasteiger partial charge in [0.2, 0.25) is 0 Å². The molecule has 5 nitrogen and oxygen atoms in total. The summed E-state index contributed by atoms with van der Waals surface area (Å²) in [6.45, 7) is 7.94. The van der Waals surface area contributed by atoms with E-state index < -0.39 is 0 Å². The van der Waals surface area contributed by atoms with Crippen molar-refractivity contribution in [3.63, 3.8) is 0 Å². The van der Waals surface area contributed by atoms with Crippen molar-refractivity contribution in [2.75, 3.05) is 26.3 Å². The molecule has 0 spiro atoms. The molecule has 128 valence electrons. The molecule has 1 saturated heterocycles. The second-order valence-corrected chi connectivity index (χ2v) is 6.76. The quantitative estimate of drug-likeness (QED) is 0.867. The first-order chi connectivity index (χ1) is 11.6. The lowest BCUT2D eigenvalue weighted by Crippen LogP contribution is -2.37. The first kappa shape index (κ1) is 16.7. The normalized spacial score (nSPS) is 18.6. The zero-order valence-corrected chi connectivity index (χ0v) is 14.4. The van der Waals surface area contributed by atoms with Crippen LogP contribution in [0.15, 0.2) is 43.0 Å². The van der Waals surface area contributed by atoms with Crippen molar-refractivity contribution in [2.24, 2.45) is 11.8 Å². The molecule has 1 aromatic heterocycles. The van der Waals surface area contributed by atoms with Crippen LogP contribution < -0.4 is 0 Å². The Kier molecular flexibility index (Phi) is 5.30. The fourth-order valence-electron chi connectivity index (χ4n) is 2.95. The summed E-state index contributed by atoms with van der Waals surface area (Å²) in [5, 5.41) is 0. The number of ether oxygens (including phenoxy) is 1. The Morgan fingerprint density at radius 1 is 1.33 bits per heavy atom. The van der Waals surface area contributed by atoms with Crippen LogP contribution in [0.3, 0.4) is 0 Å². The third kappa shape index (κ3) is 4.03. The smallest absolute Gasteiger partial charge is 0.253 e. The molecule has 1 unspecified atom stereocenters. The Labute approximate surface area is 143 Å². The Bertz CT molecular complexity index is 650. The molecule has 3 rings (SSSR count). The van der Waals surface area contributed by atoms with E-state index >= 15 is 0 Å². The fraction of sp³-hybridized carbons (Fsp3) is 0.474. The number of aromatic nitrogens is 2. The number of rotatable bonds is 4. The Morgan fingerprint density at radius 2 is 2.12 bits per heavy atom. The van der Waals surface area contributed by atoms with Crippen molar-refractivity contribution < 1.29 is 9.53 Å². The molecule has 1 amide bonds. The molecule has 1 atom stereocenters. The van der Waals surface area contributed by atoms with E-state index in [2.05, 4.69) is 18.8 Å². The van der Waals surface area contributed by atoms with Gasteiger partial charge in [-0.3, -0.25) is 4.79 Å². The van der Waals surface area contributed by atoms with Gasteiger partial charge in [-0.2, -0.15) is 0 Å². The van der Waals surface area contributed by atoms with Crippen molar-refractivity contribution in [3.05, 3.63) is 54.1 Å². The maximum Gasteiger partial charge on any atom is 0.253 e. The standard InChI is InChI=1S/C19H25N3O2/c1-15(2)18-12-22(9-10-24-13-18)19(23)17-5-3-16(4-6-17)11-21-8-7-20-14-21/h3-8,14-15,18H,9-13H2,1-2H3. The number of imidazole rings is 1. The van der Waals surface area contributed by atoms with E-state index in [4.69, 9.17) is 4.74 Å². The summed E-state index contributed by atoms with van der Waals surface area (Å²) in [7, 11) is 0. The molecule has 24 heavy (non-hydrogen) atoms. The molecular formula is C19H25N3O2. The second-order valence-electron chi connectivity index (χ2n) is 6.76. The number of carbonyl (C=O) groups is 1. The predicted molar refractivity (Wildman–Crippen MR) is 92.8 cm³/mol. The Balaban J connectivity index is 1.67. The van der Waals surface area contributed by atoms with E-state index in [1.54, 1.807) is 12.5 Å². The molecule has 1 aliphatic heterocycles. The minimum atomic E-state index is 0.0975. The molecule has 1 aromatic carbocycles. The maximum atomic E-state index is 12.8. The Morgan fingerprint density at radius 3 is 2.79 bits per heavy atom. The van der Waals surface area contributed by atoms with Gasteiger partial charge in [0.05, 0.1) is 19.5 Å². The topological polar surface area (TPSA) is 47.4 Å². The largest absolute Gasteiger partial charge is 0.379 e. The molecule has 0 saturated carbocycles. The van der Waals surface area contributed by atoms with E-state index in [9.17, 15) is 4.79 Å². The van der Waals surface area contributed by atoms with Gasteiger partial charge >= 0.3 is 0 Å². The molecule has 0 aliphatic carbocycles. The van der Waals surface area contributed by atoms with Gasteiger partial charge in [0.1, 0.15) is 0 Å². The summed E-state index contributed by atoms with van der Waals surface area (Å²) in [6.07, 6.45) is 5.50. The summed E-state index contributed by atoms with van der Waals surface area (Å²) < 4.78 is 7.67. The third-order valence-electron chi connectivity index (χ3n) is 4.65. The number of carbonyl (C=O) groups excluding carboxylic acids is 1. The summed E-state index contributed by atoms with van der Waals surface area (Å²) in [4.78, 5) is 18.8. The molecular weight excluding hydrogens is 302 g/mol. The van der Waals surface area contributed by atoms with Crippen molar-refractivity contribution in [3.8, 4) is 0 Å². The van der Waals surface area contributed by atoms with E-state index in [0.717, 1.165) is 30.8 Å². The number of nitrogens with zero attached hydrogens (tertiary/aromatic N) is 3. The molecule has 1 fully saturated rings. The van der Waals surface area contributed by atoms with E-state index in [1.807, 2.05) is 39.9 Å². The van der Waals surface area contributed by atoms with Crippen LogP contribution in [0.25, 0.3) is 0 Å². The lowest BCUT2D eigenvalue weighted by Gasteiger charge is -2.25. The highest BCUT2D eigenvalue weighted by atomic mass is 16.5. The maximum absolute atomic E-state index is 12.8. The molecule has 2 heterocycles. The molecule has 5 heteroatoms. The number of benzene rings is 1. The monoisotopic (exact) mass is 327 g/mol. The van der Waals surface area contributed by atoms with Crippen LogP contribution in [-0.2, 0) is 11.3 Å². The van der Waals surface area contributed by atoms with Gasteiger partial charge in [-0.25, -0.2) is 4.98 Å².